The number of anilines is 1. The minimum absolute atomic E-state index is 0.156. The number of hydrogen-bond acceptors (Lipinski definition) is 9. The van der Waals surface area contributed by atoms with Gasteiger partial charge in [-0.05, 0) is 49.5 Å². The van der Waals surface area contributed by atoms with Crippen molar-refractivity contribution in [3.05, 3.63) is 65.9 Å². The van der Waals surface area contributed by atoms with Crippen molar-refractivity contribution in [2.45, 2.75) is 51.0 Å². The molecule has 42 heavy (non-hydrogen) atoms. The van der Waals surface area contributed by atoms with Gasteiger partial charge in [0.05, 0.1) is 24.2 Å². The zero-order valence-electron chi connectivity index (χ0n) is 24.1. The maximum Gasteiger partial charge on any atom is 0.318 e. The molecule has 0 aliphatic carbocycles. The summed E-state index contributed by atoms with van der Waals surface area (Å²) in [7, 11) is 2.12. The molecule has 2 atom stereocenters. The van der Waals surface area contributed by atoms with Crippen molar-refractivity contribution in [2.24, 2.45) is 0 Å². The number of carbonyl (C=O) groups excluding carboxylic acids is 1. The predicted molar refractivity (Wildman–Crippen MR) is 160 cm³/mol. The van der Waals surface area contributed by atoms with E-state index in [1.807, 2.05) is 24.3 Å². The molecule has 218 valence electrons. The molecular formula is C32H37N7O3. The SMILES string of the molecule is C=CC(=O)N1CCN(c2nc(OCC3CCCN3C)nc3c2CN(Cc2cccc4cccc(O)c24)C3)CC1CC#N. The second-order valence-electron chi connectivity index (χ2n) is 11.5. The Morgan fingerprint density at radius 1 is 1.17 bits per heavy atom. The largest absolute Gasteiger partial charge is 0.507 e. The molecule has 3 aliphatic rings. The molecular weight excluding hydrogens is 530 g/mol. The summed E-state index contributed by atoms with van der Waals surface area (Å²) in [5.41, 5.74) is 3.03. The molecule has 2 saturated heterocycles. The average molecular weight is 568 g/mol. The molecule has 2 unspecified atom stereocenters. The predicted octanol–water partition coefficient (Wildman–Crippen LogP) is 3.44. The number of phenolic OH excluding ortho intramolecular Hbond substituents is 1. The molecule has 1 aromatic heterocycles. The fourth-order valence-electron chi connectivity index (χ4n) is 6.58. The van der Waals surface area contributed by atoms with Gasteiger partial charge >= 0.3 is 6.01 Å². The minimum Gasteiger partial charge on any atom is -0.507 e. The van der Waals surface area contributed by atoms with Gasteiger partial charge in [0, 0.05) is 56.3 Å². The smallest absolute Gasteiger partial charge is 0.318 e. The maximum atomic E-state index is 12.5. The monoisotopic (exact) mass is 567 g/mol. The van der Waals surface area contributed by atoms with Gasteiger partial charge in [-0.25, -0.2) is 0 Å². The van der Waals surface area contributed by atoms with Crippen LogP contribution in [0.25, 0.3) is 10.8 Å². The van der Waals surface area contributed by atoms with Crippen LogP contribution in [0.4, 0.5) is 5.82 Å². The summed E-state index contributed by atoms with van der Waals surface area (Å²) in [4.78, 5) is 30.9. The number of rotatable bonds is 8. The number of amides is 1. The molecule has 1 N–H and O–H groups in total. The van der Waals surface area contributed by atoms with E-state index in [0.29, 0.717) is 57.9 Å². The number of nitriles is 1. The van der Waals surface area contributed by atoms with Crippen LogP contribution in [0.15, 0.2) is 49.1 Å². The number of hydrogen-bond donors (Lipinski definition) is 1. The quantitative estimate of drug-likeness (QED) is 0.410. The molecule has 2 fully saturated rings. The number of nitrogens with zero attached hydrogens (tertiary/aromatic N) is 7. The highest BCUT2D eigenvalue weighted by Gasteiger charge is 2.34. The van der Waals surface area contributed by atoms with Gasteiger partial charge < -0.3 is 24.5 Å². The summed E-state index contributed by atoms with van der Waals surface area (Å²) >= 11 is 0. The highest BCUT2D eigenvalue weighted by molar-refractivity contribution is 5.91. The molecule has 3 aromatic rings. The number of phenols is 1. The average Bonchev–Trinajstić information content (AvgIpc) is 3.60. The van der Waals surface area contributed by atoms with Crippen LogP contribution in [0.2, 0.25) is 0 Å². The number of benzene rings is 2. The normalized spacial score (nSPS) is 21.0. The Kier molecular flexibility index (Phi) is 7.96. The fourth-order valence-corrected chi connectivity index (χ4v) is 6.58. The van der Waals surface area contributed by atoms with E-state index >= 15 is 0 Å². The Bertz CT molecular complexity index is 1530. The molecule has 0 spiro atoms. The Labute approximate surface area is 246 Å². The number of fused-ring (bicyclic) bond motifs is 2. The lowest BCUT2D eigenvalue weighted by atomic mass is 10.0. The Hall–Kier alpha value is -4.20. The Morgan fingerprint density at radius 3 is 2.76 bits per heavy atom. The first kappa shape index (κ1) is 27.9. The molecule has 3 aliphatic heterocycles. The second-order valence-corrected chi connectivity index (χ2v) is 11.5. The van der Waals surface area contributed by atoms with Crippen LogP contribution >= 0.6 is 0 Å². The highest BCUT2D eigenvalue weighted by atomic mass is 16.5. The van der Waals surface area contributed by atoms with Crippen LogP contribution in [-0.2, 0) is 24.4 Å². The summed E-state index contributed by atoms with van der Waals surface area (Å²) in [6, 6.07) is 14.4. The minimum atomic E-state index is -0.257. The third kappa shape index (κ3) is 5.50. The molecule has 1 amide bonds. The summed E-state index contributed by atoms with van der Waals surface area (Å²) in [5.74, 6) is 0.937. The van der Waals surface area contributed by atoms with E-state index in [2.05, 4.69) is 40.5 Å². The fraction of sp³-hybridized carbons (Fsp3) is 0.438. The topological polar surface area (TPSA) is 109 Å². The van der Waals surface area contributed by atoms with Crippen molar-refractivity contribution in [1.82, 2.24) is 24.7 Å². The number of aromatic hydroxyl groups is 1. The van der Waals surface area contributed by atoms with Crippen LogP contribution in [0.1, 0.15) is 36.1 Å². The first-order valence-corrected chi connectivity index (χ1v) is 14.6. The summed E-state index contributed by atoms with van der Waals surface area (Å²) in [5, 5.41) is 22.0. The van der Waals surface area contributed by atoms with Crippen molar-refractivity contribution in [3.63, 3.8) is 0 Å². The molecule has 0 bridgehead atoms. The molecule has 0 radical (unpaired) electrons. The standard InChI is InChI=1S/C32H37N7O3/c1-3-29(41)39-16-15-38(18-24(39)12-13-33)31-26-19-37(17-23-9-4-7-22-8-5-11-28(40)30(22)23)20-27(26)34-32(35-31)42-21-25-10-6-14-36(25)2/h3-5,7-9,11,24-25,40H,1,6,10,12,14-21H2,2H3. The van der Waals surface area contributed by atoms with E-state index in [0.717, 1.165) is 52.8 Å². The molecule has 2 aromatic carbocycles. The van der Waals surface area contributed by atoms with Crippen molar-refractivity contribution >= 4 is 22.5 Å². The van der Waals surface area contributed by atoms with Crippen molar-refractivity contribution in [1.29, 1.82) is 5.26 Å². The summed E-state index contributed by atoms with van der Waals surface area (Å²) in [6.07, 6.45) is 3.80. The van der Waals surface area contributed by atoms with Gasteiger partial charge in [0.1, 0.15) is 18.2 Å². The van der Waals surface area contributed by atoms with Crippen LogP contribution in [0, 0.1) is 11.3 Å². The summed E-state index contributed by atoms with van der Waals surface area (Å²) in [6.45, 7) is 8.74. The van der Waals surface area contributed by atoms with Gasteiger partial charge in [-0.2, -0.15) is 15.2 Å². The van der Waals surface area contributed by atoms with Crippen LogP contribution < -0.4 is 9.64 Å². The first-order valence-electron chi connectivity index (χ1n) is 14.6. The van der Waals surface area contributed by atoms with Gasteiger partial charge in [-0.1, -0.05) is 36.9 Å². The zero-order chi connectivity index (χ0) is 29.2. The highest BCUT2D eigenvalue weighted by Crippen LogP contribution is 2.35. The van der Waals surface area contributed by atoms with E-state index in [9.17, 15) is 15.2 Å². The lowest BCUT2D eigenvalue weighted by molar-refractivity contribution is -0.128. The van der Waals surface area contributed by atoms with Crippen molar-refractivity contribution in [2.75, 3.05) is 44.7 Å². The molecule has 10 nitrogen and oxygen atoms in total. The van der Waals surface area contributed by atoms with E-state index in [1.54, 1.807) is 11.0 Å². The van der Waals surface area contributed by atoms with Gasteiger partial charge in [-0.3, -0.25) is 9.69 Å². The Balaban J connectivity index is 1.29. The van der Waals surface area contributed by atoms with E-state index in [4.69, 9.17) is 14.7 Å². The van der Waals surface area contributed by atoms with Crippen molar-refractivity contribution in [3.8, 4) is 17.8 Å². The van der Waals surface area contributed by atoms with Gasteiger partial charge in [0.2, 0.25) is 5.91 Å². The second kappa shape index (κ2) is 12.0. The van der Waals surface area contributed by atoms with E-state index in [1.165, 1.54) is 6.08 Å². The van der Waals surface area contributed by atoms with E-state index in [-0.39, 0.29) is 24.1 Å². The Morgan fingerprint density at radius 2 is 2.00 bits per heavy atom. The van der Waals surface area contributed by atoms with Gasteiger partial charge in [-0.15, -0.1) is 0 Å². The number of likely N-dealkylation sites (N-methyl/N-ethyl adjacent to an activating group) is 1. The number of aromatic nitrogens is 2. The zero-order valence-corrected chi connectivity index (χ0v) is 24.1. The van der Waals surface area contributed by atoms with Gasteiger partial charge in [0.25, 0.3) is 0 Å². The van der Waals surface area contributed by atoms with Crippen molar-refractivity contribution < 1.29 is 14.6 Å². The number of carbonyl (C=O) groups is 1. The lowest BCUT2D eigenvalue weighted by Gasteiger charge is -2.41. The first-order chi connectivity index (χ1) is 20.4. The van der Waals surface area contributed by atoms with Crippen LogP contribution in [0.5, 0.6) is 11.8 Å². The third-order valence-electron chi connectivity index (χ3n) is 8.81. The molecule has 4 heterocycles. The van der Waals surface area contributed by atoms with Crippen LogP contribution in [0.3, 0.4) is 0 Å². The lowest BCUT2D eigenvalue weighted by Crippen LogP contribution is -2.55. The van der Waals surface area contributed by atoms with E-state index < -0.39 is 0 Å². The number of likely N-dealkylation sites (tertiary alicyclic amines) is 1. The van der Waals surface area contributed by atoms with Crippen LogP contribution in [-0.4, -0.2) is 87.6 Å². The molecule has 0 saturated carbocycles. The molecule has 6 rings (SSSR count). The maximum absolute atomic E-state index is 12.5. The number of ether oxygens (including phenoxy) is 1. The summed E-state index contributed by atoms with van der Waals surface area (Å²) < 4.78 is 6.22. The number of piperazine rings is 1. The third-order valence-corrected chi connectivity index (χ3v) is 8.81. The van der Waals surface area contributed by atoms with Gasteiger partial charge in [0.15, 0.2) is 0 Å². The molecule has 10 heteroatoms.